The zero-order valence-electron chi connectivity index (χ0n) is 51.8. The minimum Gasteiger partial charge on any atom is -0.465 e. The molecule has 0 amide bonds. The molecular formula is C60H102O23. The molecule has 0 saturated heterocycles. The van der Waals surface area contributed by atoms with Crippen LogP contribution in [0.3, 0.4) is 0 Å². The van der Waals surface area contributed by atoms with E-state index >= 15 is 0 Å². The van der Waals surface area contributed by atoms with Crippen molar-refractivity contribution in [3.05, 3.63) is 0 Å². The van der Waals surface area contributed by atoms with Gasteiger partial charge in [0.25, 0.3) is 0 Å². The van der Waals surface area contributed by atoms with Crippen LogP contribution in [0.4, 0.5) is 0 Å². The van der Waals surface area contributed by atoms with Gasteiger partial charge < -0.3 is 61.6 Å². The minimum atomic E-state index is -1.57. The number of carbonyl (C=O) groups is 10. The van der Waals surface area contributed by atoms with E-state index in [1.165, 1.54) is 0 Å². The molecule has 0 aliphatic heterocycles. The average molecular weight is 1190 g/mol. The zero-order chi connectivity index (χ0) is 62.4. The van der Waals surface area contributed by atoms with Crippen LogP contribution in [0.2, 0.25) is 0 Å². The molecule has 0 heterocycles. The molecule has 83 heavy (non-hydrogen) atoms. The fourth-order valence-electron chi connectivity index (χ4n) is 7.55. The molecular weight excluding hydrogens is 1090 g/mol. The molecule has 0 aromatic carbocycles. The molecule has 0 rings (SSSR count). The third-order valence-electron chi connectivity index (χ3n) is 12.4. The molecule has 0 saturated carbocycles. The van der Waals surface area contributed by atoms with E-state index in [9.17, 15) is 47.9 Å². The molecule has 0 bridgehead atoms. The van der Waals surface area contributed by atoms with Gasteiger partial charge in [-0.2, -0.15) is 0 Å². The van der Waals surface area contributed by atoms with Crippen LogP contribution < -0.4 is 0 Å². The van der Waals surface area contributed by atoms with Crippen molar-refractivity contribution in [3.8, 4) is 0 Å². The van der Waals surface area contributed by atoms with Crippen LogP contribution in [0.15, 0.2) is 0 Å². The summed E-state index contributed by atoms with van der Waals surface area (Å²) in [7, 11) is 0. The van der Waals surface area contributed by atoms with Gasteiger partial charge in [0.05, 0.1) is 61.3 Å². The van der Waals surface area contributed by atoms with Crippen molar-refractivity contribution >= 4 is 59.7 Å². The summed E-state index contributed by atoms with van der Waals surface area (Å²) in [5.74, 6) is -5.79. The highest BCUT2D eigenvalue weighted by Crippen LogP contribution is 2.31. The van der Waals surface area contributed by atoms with Crippen molar-refractivity contribution < 1.29 is 110 Å². The smallest absolute Gasteiger partial charge is 0.305 e. The van der Waals surface area contributed by atoms with Crippen molar-refractivity contribution in [1.82, 2.24) is 0 Å². The maximum Gasteiger partial charge on any atom is 0.305 e. The number of carbonyl (C=O) groups excluding carboxylic acids is 10. The number of hydrogen-bond donors (Lipinski definition) is 0. The van der Waals surface area contributed by atoms with Crippen molar-refractivity contribution in [3.63, 3.8) is 0 Å². The van der Waals surface area contributed by atoms with E-state index in [-0.39, 0.29) is 64.2 Å². The summed E-state index contributed by atoms with van der Waals surface area (Å²) in [4.78, 5) is 130. The molecule has 0 aliphatic carbocycles. The normalized spacial score (nSPS) is 11.7. The Bertz CT molecular complexity index is 1610. The predicted octanol–water partition coefficient (Wildman–Crippen LogP) is 8.41. The van der Waals surface area contributed by atoms with Crippen LogP contribution in [0.5, 0.6) is 0 Å². The Morgan fingerprint density at radius 1 is 0.181 bits per heavy atom. The summed E-state index contributed by atoms with van der Waals surface area (Å²) in [6, 6.07) is 0. The summed E-state index contributed by atoms with van der Waals surface area (Å²) in [6.45, 7) is 11.1. The summed E-state index contributed by atoms with van der Waals surface area (Å²) in [6.07, 6.45) is 4.99. The van der Waals surface area contributed by atoms with Gasteiger partial charge in [-0.25, -0.2) is 0 Å². The molecule has 0 aromatic heterocycles. The van der Waals surface area contributed by atoms with Gasteiger partial charge in [-0.3, -0.25) is 47.9 Å². The second kappa shape index (κ2) is 45.9. The van der Waals surface area contributed by atoms with Gasteiger partial charge in [0, 0.05) is 64.2 Å². The lowest BCUT2D eigenvalue weighted by Crippen LogP contribution is -2.49. The molecule has 0 spiro atoms. The highest BCUT2D eigenvalue weighted by molar-refractivity contribution is 5.72. The second-order valence-electron chi connectivity index (χ2n) is 21.6. The minimum absolute atomic E-state index is 0.0213. The third-order valence-corrected chi connectivity index (χ3v) is 12.4. The molecule has 0 aliphatic rings. The Hall–Kier alpha value is -5.42. The maximum atomic E-state index is 13.2. The first-order valence-electron chi connectivity index (χ1n) is 30.0. The highest BCUT2D eigenvalue weighted by atomic mass is 16.6. The molecule has 480 valence electrons. The van der Waals surface area contributed by atoms with E-state index in [0.29, 0.717) is 64.2 Å². The van der Waals surface area contributed by atoms with Crippen LogP contribution in [-0.4, -0.2) is 165 Å². The van der Waals surface area contributed by atoms with E-state index in [0.717, 1.165) is 0 Å². The predicted molar refractivity (Wildman–Crippen MR) is 301 cm³/mol. The fraction of sp³-hybridized carbons (Fsp3) is 0.833. The summed E-state index contributed by atoms with van der Waals surface area (Å²) >= 11 is 0. The largest absolute Gasteiger partial charge is 0.465 e. The van der Waals surface area contributed by atoms with Crippen molar-refractivity contribution in [2.75, 3.05) is 106 Å². The van der Waals surface area contributed by atoms with Gasteiger partial charge in [-0.15, -0.1) is 0 Å². The van der Waals surface area contributed by atoms with Crippen molar-refractivity contribution in [2.45, 2.75) is 198 Å². The fourth-order valence-corrected chi connectivity index (χ4v) is 7.55. The topological polar surface area (TPSA) is 291 Å². The van der Waals surface area contributed by atoms with E-state index in [1.807, 2.05) is 0 Å². The first-order valence-corrected chi connectivity index (χ1v) is 30.0. The highest BCUT2D eigenvalue weighted by Gasteiger charge is 2.44. The zero-order valence-corrected chi connectivity index (χ0v) is 51.8. The molecule has 0 fully saturated rings. The van der Waals surface area contributed by atoms with Gasteiger partial charge in [0.15, 0.2) is 0 Å². The van der Waals surface area contributed by atoms with E-state index < -0.39 is 187 Å². The summed E-state index contributed by atoms with van der Waals surface area (Å²) in [5.41, 5.74) is -6.10. The summed E-state index contributed by atoms with van der Waals surface area (Å²) < 4.78 is 77.0. The lowest BCUT2D eigenvalue weighted by molar-refractivity contribution is -0.179. The first kappa shape index (κ1) is 77.6. The number of hydrogen-bond acceptors (Lipinski definition) is 23. The standard InChI is InChI=1S/C60H102O23/c1-11-21-47(61)74-37-57(38-75-48(62)22-12-2,33-72-35-59(41-78-51(65)25-15-5,42-79-52(66)26-16-6)43-80-53(67)27-17-7)31-71-32-58(39-76-49(63)23-13-3,40-77-50(64)24-14-4)34-73-36-60(44-81-54(68)28-18-8,45-82-55(69)29-19-9)46-83-56(70)30-20-10/h11-46H2,1-10H3. The number of rotatable bonds is 52. The van der Waals surface area contributed by atoms with E-state index in [2.05, 4.69) is 0 Å². The molecule has 0 aromatic rings. The van der Waals surface area contributed by atoms with Gasteiger partial charge >= 0.3 is 59.7 Å². The number of ether oxygens (including phenoxy) is 13. The van der Waals surface area contributed by atoms with Gasteiger partial charge in [0.1, 0.15) is 66.1 Å². The second-order valence-corrected chi connectivity index (χ2v) is 21.6. The molecule has 0 N–H and O–H groups in total. The van der Waals surface area contributed by atoms with Crippen molar-refractivity contribution in [2.24, 2.45) is 21.7 Å². The van der Waals surface area contributed by atoms with Gasteiger partial charge in [0.2, 0.25) is 0 Å². The van der Waals surface area contributed by atoms with Crippen LogP contribution >= 0.6 is 0 Å². The quantitative estimate of drug-likeness (QED) is 0.0408. The van der Waals surface area contributed by atoms with Crippen LogP contribution in [0, 0.1) is 21.7 Å². The Morgan fingerprint density at radius 2 is 0.277 bits per heavy atom. The Morgan fingerprint density at radius 3 is 0.373 bits per heavy atom. The van der Waals surface area contributed by atoms with Gasteiger partial charge in [-0.05, 0) is 64.2 Å². The monoisotopic (exact) mass is 1190 g/mol. The number of esters is 10. The molecule has 23 nitrogen and oxygen atoms in total. The average Bonchev–Trinajstić information content (AvgIpc) is 3.49. The molecule has 0 atom stereocenters. The SMILES string of the molecule is CCCC(=O)OCC(COCC(COCC(COC(=O)CCC)(COC(=O)CCC)COC(=O)CCC)(COC(=O)CCC)COC(=O)CCC)(COCC(COC(=O)CCC)(COC(=O)CCC)COC(=O)CCC)COC(=O)CCC. The molecule has 23 heteroatoms. The lowest BCUT2D eigenvalue weighted by Gasteiger charge is -2.38. The Kier molecular flexibility index (Phi) is 42.9. The Balaban J connectivity index is 8.04. The van der Waals surface area contributed by atoms with Crippen molar-refractivity contribution in [1.29, 1.82) is 0 Å². The lowest BCUT2D eigenvalue weighted by atomic mass is 9.89. The van der Waals surface area contributed by atoms with Gasteiger partial charge in [-0.1, -0.05) is 69.2 Å². The molecule has 0 radical (unpaired) electrons. The molecule has 0 unspecified atom stereocenters. The first-order chi connectivity index (χ1) is 39.7. The van der Waals surface area contributed by atoms with Crippen LogP contribution in [0.1, 0.15) is 198 Å². The third kappa shape index (κ3) is 36.1. The Labute approximate surface area is 492 Å². The van der Waals surface area contributed by atoms with Crippen LogP contribution in [-0.2, 0) is 110 Å². The van der Waals surface area contributed by atoms with E-state index in [1.54, 1.807) is 69.2 Å². The van der Waals surface area contributed by atoms with E-state index in [4.69, 9.17) is 61.6 Å². The van der Waals surface area contributed by atoms with Crippen LogP contribution in [0.25, 0.3) is 0 Å². The maximum absolute atomic E-state index is 13.2. The summed E-state index contributed by atoms with van der Waals surface area (Å²) in [5, 5.41) is 0.